The van der Waals surface area contributed by atoms with Crippen molar-refractivity contribution in [2.75, 3.05) is 19.6 Å². The molecule has 2 heterocycles. The summed E-state index contributed by atoms with van der Waals surface area (Å²) in [5.74, 6) is 0.531. The van der Waals surface area contributed by atoms with E-state index in [4.69, 9.17) is 0 Å². The number of carbonyl (C=O) groups is 2. The molecule has 2 amide bonds. The highest BCUT2D eigenvalue weighted by Crippen LogP contribution is 2.08. The van der Waals surface area contributed by atoms with Crippen molar-refractivity contribution in [2.45, 2.75) is 26.7 Å². The van der Waals surface area contributed by atoms with E-state index in [1.165, 1.54) is 0 Å². The Labute approximate surface area is 112 Å². The van der Waals surface area contributed by atoms with E-state index in [1.54, 1.807) is 17.9 Å². The molecular weight excluding hydrogens is 244 g/mol. The third kappa shape index (κ3) is 3.49. The van der Waals surface area contributed by atoms with E-state index >= 15 is 0 Å². The lowest BCUT2D eigenvalue weighted by Crippen LogP contribution is -2.35. The zero-order valence-corrected chi connectivity index (χ0v) is 11.3. The number of aromatic nitrogens is 2. The number of carbonyl (C=O) groups excluding carboxylic acids is 2. The number of nitrogens with one attached hydrogen (secondary N) is 1. The Kier molecular flexibility index (Phi) is 4.09. The molecule has 0 radical (unpaired) electrons. The minimum atomic E-state index is -0.222. The van der Waals surface area contributed by atoms with Crippen LogP contribution in [0.1, 0.15) is 34.8 Å². The molecular formula is C13H18N4O2. The van der Waals surface area contributed by atoms with Gasteiger partial charge in [-0.25, -0.2) is 9.97 Å². The second kappa shape index (κ2) is 5.77. The summed E-state index contributed by atoms with van der Waals surface area (Å²) in [6.45, 7) is 5.39. The minimum Gasteiger partial charge on any atom is -0.349 e. The average Bonchev–Trinajstić information content (AvgIpc) is 2.74. The van der Waals surface area contributed by atoms with E-state index in [0.29, 0.717) is 31.0 Å². The van der Waals surface area contributed by atoms with E-state index < -0.39 is 0 Å². The Bertz CT molecular complexity index is 481. The van der Waals surface area contributed by atoms with Gasteiger partial charge in [0.2, 0.25) is 5.91 Å². The van der Waals surface area contributed by atoms with Crippen molar-refractivity contribution in [1.82, 2.24) is 20.2 Å². The maximum absolute atomic E-state index is 11.9. The first-order valence-electron chi connectivity index (χ1n) is 6.44. The van der Waals surface area contributed by atoms with Crippen LogP contribution in [0.2, 0.25) is 0 Å². The molecule has 0 atom stereocenters. The maximum atomic E-state index is 11.9. The quantitative estimate of drug-likeness (QED) is 0.854. The van der Waals surface area contributed by atoms with Crippen LogP contribution < -0.4 is 5.32 Å². The van der Waals surface area contributed by atoms with Gasteiger partial charge in [-0.15, -0.1) is 0 Å². The Morgan fingerprint density at radius 2 is 2.21 bits per heavy atom. The van der Waals surface area contributed by atoms with Gasteiger partial charge in [-0.2, -0.15) is 0 Å². The first kappa shape index (κ1) is 13.5. The number of likely N-dealkylation sites (tertiary alicyclic amines) is 1. The Hall–Kier alpha value is -1.98. The van der Waals surface area contributed by atoms with Gasteiger partial charge in [0, 0.05) is 31.7 Å². The predicted octanol–water partition coefficient (Wildman–Crippen LogP) is 0.446. The summed E-state index contributed by atoms with van der Waals surface area (Å²) in [7, 11) is 0. The van der Waals surface area contributed by atoms with E-state index in [0.717, 1.165) is 18.7 Å². The van der Waals surface area contributed by atoms with Crippen LogP contribution in [0, 0.1) is 13.8 Å². The van der Waals surface area contributed by atoms with Crippen molar-refractivity contribution in [3.05, 3.63) is 23.3 Å². The van der Waals surface area contributed by atoms with Gasteiger partial charge in [0.15, 0.2) is 0 Å². The molecule has 1 aliphatic rings. The smallest absolute Gasteiger partial charge is 0.270 e. The molecule has 19 heavy (non-hydrogen) atoms. The Balaban J connectivity index is 1.85. The van der Waals surface area contributed by atoms with Crippen molar-refractivity contribution in [3.8, 4) is 0 Å². The lowest BCUT2D eigenvalue weighted by atomic mass is 10.3. The number of aryl methyl sites for hydroxylation is 2. The summed E-state index contributed by atoms with van der Waals surface area (Å²) < 4.78 is 0. The van der Waals surface area contributed by atoms with Crippen LogP contribution in [0.3, 0.4) is 0 Å². The number of rotatable bonds is 4. The first-order valence-corrected chi connectivity index (χ1v) is 6.44. The zero-order valence-electron chi connectivity index (χ0n) is 11.3. The highest BCUT2D eigenvalue weighted by Gasteiger charge is 2.19. The molecule has 0 unspecified atom stereocenters. The Morgan fingerprint density at radius 3 is 2.84 bits per heavy atom. The largest absolute Gasteiger partial charge is 0.349 e. The lowest BCUT2D eigenvalue weighted by molar-refractivity contribution is -0.127. The van der Waals surface area contributed by atoms with Crippen molar-refractivity contribution >= 4 is 11.8 Å². The number of nitrogens with zero attached hydrogens (tertiary/aromatic N) is 3. The fraction of sp³-hybridized carbons (Fsp3) is 0.538. The molecule has 1 aromatic heterocycles. The summed E-state index contributed by atoms with van der Waals surface area (Å²) in [4.78, 5) is 33.3. The van der Waals surface area contributed by atoms with E-state index in [9.17, 15) is 9.59 Å². The fourth-order valence-electron chi connectivity index (χ4n) is 2.17. The standard InChI is InChI=1S/C13H18N4O2/c1-9-8-11(16-10(2)15-9)13(19)14-5-7-17-6-3-4-12(17)18/h8H,3-7H2,1-2H3,(H,14,19). The lowest BCUT2D eigenvalue weighted by Gasteiger charge is -2.15. The van der Waals surface area contributed by atoms with Gasteiger partial charge in [-0.05, 0) is 26.3 Å². The number of hydrogen-bond donors (Lipinski definition) is 1. The third-order valence-corrected chi connectivity index (χ3v) is 3.04. The molecule has 6 heteroatoms. The average molecular weight is 262 g/mol. The zero-order chi connectivity index (χ0) is 13.8. The van der Waals surface area contributed by atoms with Gasteiger partial charge in [-0.1, -0.05) is 0 Å². The van der Waals surface area contributed by atoms with Crippen molar-refractivity contribution in [3.63, 3.8) is 0 Å². The molecule has 1 fully saturated rings. The molecule has 1 N–H and O–H groups in total. The summed E-state index contributed by atoms with van der Waals surface area (Å²) in [6.07, 6.45) is 1.54. The molecule has 0 bridgehead atoms. The van der Waals surface area contributed by atoms with Gasteiger partial charge in [0.05, 0.1) is 0 Å². The fourth-order valence-corrected chi connectivity index (χ4v) is 2.17. The van der Waals surface area contributed by atoms with E-state index in [-0.39, 0.29) is 11.8 Å². The predicted molar refractivity (Wildman–Crippen MR) is 69.7 cm³/mol. The highest BCUT2D eigenvalue weighted by molar-refractivity contribution is 5.92. The number of amides is 2. The van der Waals surface area contributed by atoms with Crippen LogP contribution in [-0.2, 0) is 4.79 Å². The molecule has 6 nitrogen and oxygen atoms in total. The van der Waals surface area contributed by atoms with Gasteiger partial charge in [-0.3, -0.25) is 9.59 Å². The van der Waals surface area contributed by atoms with Gasteiger partial charge >= 0.3 is 0 Å². The molecule has 0 spiro atoms. The van der Waals surface area contributed by atoms with E-state index in [2.05, 4.69) is 15.3 Å². The second-order valence-corrected chi connectivity index (χ2v) is 4.68. The monoisotopic (exact) mass is 262 g/mol. The van der Waals surface area contributed by atoms with Gasteiger partial charge < -0.3 is 10.2 Å². The summed E-state index contributed by atoms with van der Waals surface area (Å²) in [6, 6.07) is 1.66. The van der Waals surface area contributed by atoms with Crippen LogP contribution in [-0.4, -0.2) is 46.3 Å². The Morgan fingerprint density at radius 1 is 1.42 bits per heavy atom. The molecule has 1 aliphatic heterocycles. The van der Waals surface area contributed by atoms with Crippen molar-refractivity contribution < 1.29 is 9.59 Å². The molecule has 2 rings (SSSR count). The van der Waals surface area contributed by atoms with Gasteiger partial charge in [0.1, 0.15) is 11.5 Å². The first-order chi connectivity index (χ1) is 9.06. The number of hydrogen-bond acceptors (Lipinski definition) is 4. The van der Waals surface area contributed by atoms with Crippen LogP contribution in [0.15, 0.2) is 6.07 Å². The molecule has 1 aromatic rings. The molecule has 0 aromatic carbocycles. The normalized spacial score (nSPS) is 14.8. The van der Waals surface area contributed by atoms with Gasteiger partial charge in [0.25, 0.3) is 5.91 Å². The minimum absolute atomic E-state index is 0.169. The summed E-state index contributed by atoms with van der Waals surface area (Å²) in [5, 5.41) is 2.78. The molecule has 1 saturated heterocycles. The second-order valence-electron chi connectivity index (χ2n) is 4.68. The maximum Gasteiger partial charge on any atom is 0.270 e. The van der Waals surface area contributed by atoms with Crippen LogP contribution in [0.25, 0.3) is 0 Å². The van der Waals surface area contributed by atoms with Crippen LogP contribution in [0.4, 0.5) is 0 Å². The van der Waals surface area contributed by atoms with Crippen LogP contribution >= 0.6 is 0 Å². The molecule has 102 valence electrons. The van der Waals surface area contributed by atoms with Crippen molar-refractivity contribution in [2.24, 2.45) is 0 Å². The van der Waals surface area contributed by atoms with Crippen LogP contribution in [0.5, 0.6) is 0 Å². The summed E-state index contributed by atoms with van der Waals surface area (Å²) >= 11 is 0. The van der Waals surface area contributed by atoms with Crippen molar-refractivity contribution in [1.29, 1.82) is 0 Å². The SMILES string of the molecule is Cc1cc(C(=O)NCCN2CCCC2=O)nc(C)n1. The summed E-state index contributed by atoms with van der Waals surface area (Å²) in [5.41, 5.74) is 1.14. The highest BCUT2D eigenvalue weighted by atomic mass is 16.2. The third-order valence-electron chi connectivity index (χ3n) is 3.04. The molecule has 0 saturated carbocycles. The molecule has 0 aliphatic carbocycles. The topological polar surface area (TPSA) is 75.2 Å². The van der Waals surface area contributed by atoms with E-state index in [1.807, 2.05) is 6.92 Å².